The van der Waals surface area contributed by atoms with Crippen LogP contribution in [0.2, 0.25) is 0 Å². The molecule has 3 aromatic carbocycles. The van der Waals surface area contributed by atoms with Gasteiger partial charge in [0.25, 0.3) is 15.9 Å². The monoisotopic (exact) mass is 478 g/mol. The summed E-state index contributed by atoms with van der Waals surface area (Å²) in [6, 6.07) is 24.8. The fourth-order valence-corrected chi connectivity index (χ4v) is 4.20. The van der Waals surface area contributed by atoms with Gasteiger partial charge in [-0.25, -0.2) is 8.42 Å². The summed E-state index contributed by atoms with van der Waals surface area (Å²) in [5.74, 6) is 1.22. The van der Waals surface area contributed by atoms with Crippen LogP contribution in [0.4, 0.5) is 11.4 Å². The zero-order valence-corrected chi connectivity index (χ0v) is 19.0. The molecule has 0 saturated heterocycles. The zero-order chi connectivity index (χ0) is 24.0. The van der Waals surface area contributed by atoms with Crippen molar-refractivity contribution < 1.29 is 27.1 Å². The Hall–Kier alpha value is -4.24. The largest absolute Gasteiger partial charge is 0.493 e. The summed E-state index contributed by atoms with van der Waals surface area (Å²) in [6.45, 7) is 0.115. The molecule has 0 fully saturated rings. The third-order valence-electron chi connectivity index (χ3n) is 4.75. The Morgan fingerprint density at radius 1 is 0.853 bits per heavy atom. The van der Waals surface area contributed by atoms with E-state index in [0.717, 1.165) is 0 Å². The fourth-order valence-electron chi connectivity index (χ4n) is 3.13. The topological polar surface area (TPSA) is 107 Å². The Balaban J connectivity index is 1.39. The van der Waals surface area contributed by atoms with Crippen LogP contribution >= 0.6 is 0 Å². The number of hydrogen-bond acceptors (Lipinski definition) is 6. The Morgan fingerprint density at radius 2 is 1.56 bits per heavy atom. The van der Waals surface area contributed by atoms with Crippen LogP contribution in [0.15, 0.2) is 100 Å². The lowest BCUT2D eigenvalue weighted by Gasteiger charge is -2.10. The maximum Gasteiger partial charge on any atom is 0.291 e. The van der Waals surface area contributed by atoms with Gasteiger partial charge in [0.05, 0.1) is 17.7 Å². The van der Waals surface area contributed by atoms with Crippen LogP contribution in [0, 0.1) is 0 Å². The molecule has 0 radical (unpaired) electrons. The number of benzene rings is 3. The molecule has 0 bridgehead atoms. The Labute approximate surface area is 197 Å². The summed E-state index contributed by atoms with van der Waals surface area (Å²) in [7, 11) is -2.19. The average Bonchev–Trinajstić information content (AvgIpc) is 3.33. The number of ether oxygens (including phenoxy) is 2. The molecular formula is C25H22N2O6S. The van der Waals surface area contributed by atoms with Gasteiger partial charge < -0.3 is 19.2 Å². The van der Waals surface area contributed by atoms with Crippen LogP contribution in [0.5, 0.6) is 11.5 Å². The minimum atomic E-state index is -3.75. The number of carbonyl (C=O) groups excluding carboxylic acids is 1. The van der Waals surface area contributed by atoms with Crippen molar-refractivity contribution >= 4 is 27.3 Å². The van der Waals surface area contributed by atoms with Gasteiger partial charge in [-0.05, 0) is 54.6 Å². The van der Waals surface area contributed by atoms with Gasteiger partial charge in [0.2, 0.25) is 0 Å². The number of amides is 1. The third kappa shape index (κ3) is 5.57. The van der Waals surface area contributed by atoms with Gasteiger partial charge in [-0.15, -0.1) is 0 Å². The van der Waals surface area contributed by atoms with E-state index < -0.39 is 15.9 Å². The van der Waals surface area contributed by atoms with Crippen LogP contribution in [-0.4, -0.2) is 21.4 Å². The van der Waals surface area contributed by atoms with E-state index in [9.17, 15) is 13.2 Å². The van der Waals surface area contributed by atoms with E-state index in [1.165, 1.54) is 24.3 Å². The molecule has 8 nitrogen and oxygen atoms in total. The van der Waals surface area contributed by atoms with Crippen LogP contribution in [0.3, 0.4) is 0 Å². The van der Waals surface area contributed by atoms with Gasteiger partial charge in [0.1, 0.15) is 12.4 Å². The molecule has 0 aliphatic heterocycles. The van der Waals surface area contributed by atoms with Crippen LogP contribution in [0.1, 0.15) is 16.3 Å². The third-order valence-corrected chi connectivity index (χ3v) is 6.15. The van der Waals surface area contributed by atoms with Crippen LogP contribution < -0.4 is 19.5 Å². The quantitative estimate of drug-likeness (QED) is 0.354. The number of carbonyl (C=O) groups is 1. The van der Waals surface area contributed by atoms with Gasteiger partial charge in [-0.2, -0.15) is 0 Å². The van der Waals surface area contributed by atoms with Crippen molar-refractivity contribution in [1.82, 2.24) is 0 Å². The molecule has 0 atom stereocenters. The highest BCUT2D eigenvalue weighted by Gasteiger charge is 2.15. The van der Waals surface area contributed by atoms with Crippen molar-refractivity contribution in [2.24, 2.45) is 0 Å². The molecule has 4 rings (SSSR count). The lowest BCUT2D eigenvalue weighted by Crippen LogP contribution is -2.14. The molecule has 1 heterocycles. The molecule has 1 amide bonds. The SMILES string of the molecule is COc1ccccc1OCc1ccc(C(=O)Nc2cccc(NS(=O)(=O)c3ccccc3)c2)o1. The summed E-state index contributed by atoms with van der Waals surface area (Å²) in [5, 5.41) is 2.70. The number of nitrogens with one attached hydrogen (secondary N) is 2. The number of anilines is 2. The predicted octanol–water partition coefficient (Wildman–Crippen LogP) is 4.92. The molecule has 0 spiro atoms. The second-order valence-electron chi connectivity index (χ2n) is 7.16. The normalized spacial score (nSPS) is 11.0. The van der Waals surface area contributed by atoms with E-state index >= 15 is 0 Å². The van der Waals surface area contributed by atoms with Crippen molar-refractivity contribution in [2.75, 3.05) is 17.1 Å². The number of methoxy groups -OCH3 is 1. The van der Waals surface area contributed by atoms with Crippen molar-refractivity contribution in [2.45, 2.75) is 11.5 Å². The second-order valence-corrected chi connectivity index (χ2v) is 8.84. The molecule has 0 aliphatic rings. The number of furan rings is 1. The molecule has 4 aromatic rings. The average molecular weight is 479 g/mol. The molecule has 9 heteroatoms. The van der Waals surface area contributed by atoms with Crippen LogP contribution in [-0.2, 0) is 16.6 Å². The van der Waals surface area contributed by atoms with E-state index in [1.54, 1.807) is 61.7 Å². The first-order valence-corrected chi connectivity index (χ1v) is 11.8. The lowest BCUT2D eigenvalue weighted by atomic mass is 10.3. The Kier molecular flexibility index (Phi) is 6.84. The minimum absolute atomic E-state index is 0.0916. The summed E-state index contributed by atoms with van der Waals surface area (Å²) in [6.07, 6.45) is 0. The number of hydrogen-bond donors (Lipinski definition) is 2. The smallest absolute Gasteiger partial charge is 0.291 e. The second kappa shape index (κ2) is 10.1. The van der Waals surface area contributed by atoms with Crippen molar-refractivity contribution in [3.05, 3.63) is 103 Å². The van der Waals surface area contributed by atoms with Crippen molar-refractivity contribution in [3.63, 3.8) is 0 Å². The summed E-state index contributed by atoms with van der Waals surface area (Å²) in [4.78, 5) is 12.8. The molecule has 0 unspecified atom stereocenters. The summed E-state index contributed by atoms with van der Waals surface area (Å²) < 4.78 is 44.1. The van der Waals surface area contributed by atoms with E-state index in [-0.39, 0.29) is 17.3 Å². The van der Waals surface area contributed by atoms with Crippen LogP contribution in [0.25, 0.3) is 0 Å². The molecule has 34 heavy (non-hydrogen) atoms. The van der Waals surface area contributed by atoms with E-state index in [0.29, 0.717) is 28.6 Å². The first-order valence-electron chi connectivity index (χ1n) is 10.3. The standard InChI is InChI=1S/C25H22N2O6S/c1-31-22-12-5-6-13-23(22)32-17-20-14-15-24(33-20)25(28)26-18-8-7-9-19(16-18)27-34(29,30)21-10-3-2-4-11-21/h2-16,27H,17H2,1H3,(H,26,28). The van der Waals surface area contributed by atoms with Gasteiger partial charge >= 0.3 is 0 Å². The number of rotatable bonds is 9. The fraction of sp³-hybridized carbons (Fsp3) is 0.0800. The van der Waals surface area contributed by atoms with Crippen molar-refractivity contribution in [1.29, 1.82) is 0 Å². The van der Waals surface area contributed by atoms with Gasteiger partial charge in [-0.1, -0.05) is 36.4 Å². The Morgan fingerprint density at radius 3 is 2.32 bits per heavy atom. The maximum absolute atomic E-state index is 12.6. The molecular weight excluding hydrogens is 456 g/mol. The zero-order valence-electron chi connectivity index (χ0n) is 18.2. The van der Waals surface area contributed by atoms with E-state index in [1.807, 2.05) is 12.1 Å². The minimum Gasteiger partial charge on any atom is -0.493 e. The molecule has 1 aromatic heterocycles. The predicted molar refractivity (Wildman–Crippen MR) is 128 cm³/mol. The Bertz CT molecular complexity index is 1380. The molecule has 0 aliphatic carbocycles. The van der Waals surface area contributed by atoms with Crippen molar-refractivity contribution in [3.8, 4) is 11.5 Å². The highest BCUT2D eigenvalue weighted by Crippen LogP contribution is 2.27. The highest BCUT2D eigenvalue weighted by molar-refractivity contribution is 7.92. The van der Waals surface area contributed by atoms with Gasteiger partial charge in [0, 0.05) is 5.69 Å². The van der Waals surface area contributed by atoms with E-state index in [4.69, 9.17) is 13.9 Å². The lowest BCUT2D eigenvalue weighted by molar-refractivity contribution is 0.0992. The van der Waals surface area contributed by atoms with Gasteiger partial charge in [-0.3, -0.25) is 9.52 Å². The van der Waals surface area contributed by atoms with Gasteiger partial charge in [0.15, 0.2) is 17.3 Å². The first-order chi connectivity index (χ1) is 16.4. The molecule has 2 N–H and O–H groups in total. The molecule has 174 valence electrons. The summed E-state index contributed by atoms with van der Waals surface area (Å²) in [5.41, 5.74) is 0.716. The summed E-state index contributed by atoms with van der Waals surface area (Å²) >= 11 is 0. The number of sulfonamides is 1. The maximum atomic E-state index is 12.6. The highest BCUT2D eigenvalue weighted by atomic mass is 32.2. The molecule has 0 saturated carbocycles. The van der Waals surface area contributed by atoms with E-state index in [2.05, 4.69) is 10.0 Å². The number of para-hydroxylation sites is 2. The first kappa shape index (κ1) is 22.9.